The number of rotatable bonds is 5. The second-order valence-corrected chi connectivity index (χ2v) is 8.08. The summed E-state index contributed by atoms with van der Waals surface area (Å²) in [5, 5.41) is 9.49. The van der Waals surface area contributed by atoms with E-state index in [2.05, 4.69) is 16.9 Å². The summed E-state index contributed by atoms with van der Waals surface area (Å²) < 4.78 is 10.5. The molecule has 0 fully saturated rings. The molecule has 0 radical (unpaired) electrons. The molecule has 0 spiro atoms. The predicted molar refractivity (Wildman–Crippen MR) is 107 cm³/mol. The summed E-state index contributed by atoms with van der Waals surface area (Å²) in [4.78, 5) is 33.1. The number of hydrogen-bond donors (Lipinski definition) is 2. The van der Waals surface area contributed by atoms with Crippen LogP contribution < -0.4 is 15.0 Å². The Morgan fingerprint density at radius 2 is 2.21 bits per heavy atom. The van der Waals surface area contributed by atoms with Gasteiger partial charge in [-0.25, -0.2) is 9.78 Å². The fourth-order valence-corrected chi connectivity index (χ4v) is 4.94. The van der Waals surface area contributed by atoms with E-state index in [0.717, 1.165) is 29.7 Å². The maximum Gasteiger partial charge on any atom is 0.341 e. The number of thiophene rings is 1. The summed E-state index contributed by atoms with van der Waals surface area (Å²) in [6, 6.07) is 5.01. The van der Waals surface area contributed by atoms with Crippen LogP contribution >= 0.6 is 11.3 Å². The fraction of sp³-hybridized carbons (Fsp3) is 0.350. The number of hydrogen-bond acceptors (Lipinski definition) is 6. The van der Waals surface area contributed by atoms with Crippen molar-refractivity contribution >= 4 is 27.5 Å². The molecule has 4 rings (SSSR count). The minimum absolute atomic E-state index is 0.128. The topological polar surface area (TPSA) is 102 Å². The van der Waals surface area contributed by atoms with E-state index in [4.69, 9.17) is 14.6 Å². The second kappa shape index (κ2) is 7.27. The molecule has 2 N–H and O–H groups in total. The third kappa shape index (κ3) is 3.35. The number of aromatic nitrogens is 2. The molecule has 0 aliphatic heterocycles. The molecular weight excluding hydrogens is 380 g/mol. The highest BCUT2D eigenvalue weighted by Gasteiger charge is 2.23. The van der Waals surface area contributed by atoms with Gasteiger partial charge in [-0.15, -0.1) is 11.3 Å². The van der Waals surface area contributed by atoms with Crippen LogP contribution in [0.4, 0.5) is 0 Å². The Hall–Kier alpha value is -2.87. The lowest BCUT2D eigenvalue weighted by Crippen LogP contribution is -2.13. The van der Waals surface area contributed by atoms with Gasteiger partial charge in [0.05, 0.1) is 12.5 Å². The van der Waals surface area contributed by atoms with Gasteiger partial charge in [-0.05, 0) is 48.9 Å². The van der Waals surface area contributed by atoms with E-state index >= 15 is 0 Å². The van der Waals surface area contributed by atoms with Gasteiger partial charge in [-0.1, -0.05) is 6.92 Å². The summed E-state index contributed by atoms with van der Waals surface area (Å²) in [7, 11) is 1.47. The number of nitrogens with one attached hydrogen (secondary N) is 1. The van der Waals surface area contributed by atoms with Crippen LogP contribution in [0.2, 0.25) is 0 Å². The van der Waals surface area contributed by atoms with Crippen molar-refractivity contribution < 1.29 is 19.4 Å². The van der Waals surface area contributed by atoms with E-state index in [1.54, 1.807) is 29.5 Å². The lowest BCUT2D eigenvalue weighted by molar-refractivity contribution is -0.139. The molecule has 28 heavy (non-hydrogen) atoms. The average molecular weight is 400 g/mol. The third-order valence-corrected chi connectivity index (χ3v) is 6.10. The van der Waals surface area contributed by atoms with Gasteiger partial charge in [0.2, 0.25) is 0 Å². The van der Waals surface area contributed by atoms with Crippen molar-refractivity contribution in [2.24, 2.45) is 5.92 Å². The number of ether oxygens (including phenoxy) is 2. The number of carboxylic acid groups (broad SMARTS) is 1. The molecule has 0 saturated heterocycles. The van der Waals surface area contributed by atoms with Gasteiger partial charge in [0.1, 0.15) is 10.7 Å². The van der Waals surface area contributed by atoms with E-state index in [-0.39, 0.29) is 5.56 Å². The Kier molecular flexibility index (Phi) is 4.80. The van der Waals surface area contributed by atoms with Crippen LogP contribution in [0.25, 0.3) is 21.6 Å². The number of aromatic amines is 1. The molecule has 146 valence electrons. The van der Waals surface area contributed by atoms with Crippen LogP contribution in [0.15, 0.2) is 23.0 Å². The van der Waals surface area contributed by atoms with Crippen LogP contribution in [0.1, 0.15) is 23.8 Å². The normalized spacial score (nSPS) is 16.0. The molecule has 1 unspecified atom stereocenters. The summed E-state index contributed by atoms with van der Waals surface area (Å²) in [6.07, 6.45) is 3.01. The van der Waals surface area contributed by atoms with Crippen molar-refractivity contribution in [3.05, 3.63) is 39.0 Å². The molecule has 1 atom stereocenters. The van der Waals surface area contributed by atoms with E-state index in [1.807, 2.05) is 0 Å². The quantitative estimate of drug-likeness (QED) is 0.682. The number of nitrogens with zero attached hydrogens (tertiary/aromatic N) is 1. The molecule has 1 aliphatic carbocycles. The van der Waals surface area contributed by atoms with E-state index in [1.165, 1.54) is 12.0 Å². The zero-order valence-corrected chi connectivity index (χ0v) is 16.4. The van der Waals surface area contributed by atoms with Gasteiger partial charge < -0.3 is 19.6 Å². The number of carbonyl (C=O) groups is 1. The smallest absolute Gasteiger partial charge is 0.341 e. The van der Waals surface area contributed by atoms with Gasteiger partial charge in [-0.2, -0.15) is 0 Å². The first-order valence-electron chi connectivity index (χ1n) is 9.04. The van der Waals surface area contributed by atoms with Crippen LogP contribution in [0.5, 0.6) is 11.5 Å². The zero-order chi connectivity index (χ0) is 19.8. The number of aliphatic carboxylic acids is 1. The van der Waals surface area contributed by atoms with Crippen molar-refractivity contribution in [3.63, 3.8) is 0 Å². The zero-order valence-electron chi connectivity index (χ0n) is 15.6. The fourth-order valence-electron chi connectivity index (χ4n) is 3.56. The highest BCUT2D eigenvalue weighted by atomic mass is 32.1. The Balaban J connectivity index is 1.75. The van der Waals surface area contributed by atoms with Gasteiger partial charge in [-0.3, -0.25) is 4.79 Å². The van der Waals surface area contributed by atoms with E-state index in [9.17, 15) is 9.59 Å². The van der Waals surface area contributed by atoms with Crippen LogP contribution in [-0.4, -0.2) is 34.8 Å². The lowest BCUT2D eigenvalue weighted by Gasteiger charge is -2.17. The van der Waals surface area contributed by atoms with Gasteiger partial charge in [0.15, 0.2) is 18.1 Å². The van der Waals surface area contributed by atoms with Gasteiger partial charge in [0, 0.05) is 10.4 Å². The molecule has 0 saturated carbocycles. The van der Waals surface area contributed by atoms with Crippen LogP contribution in [-0.2, 0) is 17.6 Å². The molecule has 2 aromatic heterocycles. The summed E-state index contributed by atoms with van der Waals surface area (Å²) >= 11 is 1.60. The minimum Gasteiger partial charge on any atom is -0.493 e. The summed E-state index contributed by atoms with van der Waals surface area (Å²) in [6.45, 7) is 1.77. The second-order valence-electron chi connectivity index (χ2n) is 6.99. The molecule has 7 nitrogen and oxygen atoms in total. The number of methoxy groups -OCH3 is 1. The number of benzene rings is 1. The maximum atomic E-state index is 12.8. The molecule has 2 heterocycles. The minimum atomic E-state index is -1.07. The molecule has 0 amide bonds. The first-order chi connectivity index (χ1) is 13.5. The Morgan fingerprint density at radius 1 is 1.39 bits per heavy atom. The molecule has 0 bridgehead atoms. The molecule has 1 aromatic carbocycles. The molecular formula is C20H20N2O5S. The van der Waals surface area contributed by atoms with Crippen molar-refractivity contribution in [2.75, 3.05) is 13.7 Å². The Morgan fingerprint density at radius 3 is 2.96 bits per heavy atom. The largest absolute Gasteiger partial charge is 0.493 e. The Bertz CT molecular complexity index is 1120. The van der Waals surface area contributed by atoms with Crippen molar-refractivity contribution in [3.8, 4) is 22.9 Å². The predicted octanol–water partition coefficient (Wildman–Crippen LogP) is 3.25. The summed E-state index contributed by atoms with van der Waals surface area (Å²) in [5.74, 6) is 0.700. The van der Waals surface area contributed by atoms with Crippen molar-refractivity contribution in [2.45, 2.75) is 26.2 Å². The lowest BCUT2D eigenvalue weighted by atomic mass is 9.89. The number of carboxylic acids is 1. The standard InChI is InChI=1S/C20H20N2O5S/c1-10-3-5-12-15(7-10)28-20-17(12)19(25)21-18(22-20)11-4-6-13(14(8-11)26-2)27-9-16(23)24/h4,6,8,10H,3,5,7,9H2,1-2H3,(H,23,24)(H,21,22,25). The van der Waals surface area contributed by atoms with Crippen LogP contribution in [0.3, 0.4) is 0 Å². The van der Waals surface area contributed by atoms with E-state index < -0.39 is 12.6 Å². The van der Waals surface area contributed by atoms with Crippen molar-refractivity contribution in [1.29, 1.82) is 0 Å². The maximum absolute atomic E-state index is 12.8. The molecule has 8 heteroatoms. The van der Waals surface area contributed by atoms with Gasteiger partial charge in [0.25, 0.3) is 5.56 Å². The number of fused-ring (bicyclic) bond motifs is 3. The summed E-state index contributed by atoms with van der Waals surface area (Å²) in [5.41, 5.74) is 1.68. The van der Waals surface area contributed by atoms with Crippen LogP contribution in [0, 0.1) is 5.92 Å². The first-order valence-corrected chi connectivity index (χ1v) is 9.85. The first kappa shape index (κ1) is 18.5. The third-order valence-electron chi connectivity index (χ3n) is 4.95. The molecule has 1 aliphatic rings. The molecule has 3 aromatic rings. The van der Waals surface area contributed by atoms with Gasteiger partial charge >= 0.3 is 5.97 Å². The SMILES string of the molecule is COc1cc(-c2nc3sc4c(c3c(=O)[nH]2)CCC(C)C4)ccc1OCC(=O)O. The number of H-pyrrole nitrogens is 1. The highest BCUT2D eigenvalue weighted by molar-refractivity contribution is 7.18. The number of aryl methyl sites for hydroxylation is 1. The Labute approximate surface area is 165 Å². The average Bonchev–Trinajstić information content (AvgIpc) is 3.03. The van der Waals surface area contributed by atoms with Crippen molar-refractivity contribution in [1.82, 2.24) is 9.97 Å². The van der Waals surface area contributed by atoms with E-state index in [0.29, 0.717) is 34.2 Å². The highest BCUT2D eigenvalue weighted by Crippen LogP contribution is 2.37. The monoisotopic (exact) mass is 400 g/mol.